The predicted molar refractivity (Wildman–Crippen MR) is 91.4 cm³/mol. The summed E-state index contributed by atoms with van der Waals surface area (Å²) in [6.45, 7) is 8.83. The maximum atomic E-state index is 10.9. The minimum absolute atomic E-state index is 0.220. The molecule has 0 aromatic rings. The standard InChI is InChI=1S/C16H29ClO3Si/c1-14(18)20-12-15(13-21(2,3)4)10-8-6-5-7-9-11-16(17)19/h10H,5-9,11-13H2,1-4H3/b15-10-. The van der Waals surface area contributed by atoms with E-state index < -0.39 is 8.07 Å². The molecular formula is C16H29ClO3Si. The smallest absolute Gasteiger partial charge is 0.302 e. The van der Waals surface area contributed by atoms with Crippen molar-refractivity contribution < 1.29 is 14.3 Å². The number of hydrogen-bond donors (Lipinski definition) is 0. The van der Waals surface area contributed by atoms with E-state index in [9.17, 15) is 9.59 Å². The van der Waals surface area contributed by atoms with Gasteiger partial charge in [0.25, 0.3) is 0 Å². The molecule has 0 rings (SSSR count). The Morgan fingerprint density at radius 1 is 1.10 bits per heavy atom. The van der Waals surface area contributed by atoms with E-state index in [1.54, 1.807) is 0 Å². The Labute approximate surface area is 135 Å². The fraction of sp³-hybridized carbons (Fsp3) is 0.750. The third-order valence-corrected chi connectivity index (χ3v) is 4.68. The third-order valence-electron chi connectivity index (χ3n) is 2.98. The molecule has 3 nitrogen and oxygen atoms in total. The van der Waals surface area contributed by atoms with Gasteiger partial charge >= 0.3 is 5.97 Å². The highest BCUT2D eigenvalue weighted by Crippen LogP contribution is 2.18. The summed E-state index contributed by atoms with van der Waals surface area (Å²) >= 11 is 5.30. The molecule has 0 saturated carbocycles. The number of rotatable bonds is 11. The van der Waals surface area contributed by atoms with Crippen LogP contribution in [0.15, 0.2) is 11.6 Å². The van der Waals surface area contributed by atoms with Gasteiger partial charge in [-0.1, -0.05) is 38.6 Å². The molecule has 0 aromatic carbocycles. The van der Waals surface area contributed by atoms with Crippen molar-refractivity contribution in [2.75, 3.05) is 6.61 Å². The Morgan fingerprint density at radius 3 is 2.24 bits per heavy atom. The molecular weight excluding hydrogens is 304 g/mol. The molecule has 0 atom stereocenters. The summed E-state index contributed by atoms with van der Waals surface area (Å²) in [5.74, 6) is -0.220. The minimum atomic E-state index is -1.20. The van der Waals surface area contributed by atoms with Gasteiger partial charge in [0.1, 0.15) is 6.61 Å². The Bertz CT molecular complexity index is 359. The number of carbonyl (C=O) groups is 2. The second-order valence-electron chi connectivity index (χ2n) is 6.69. The molecule has 0 aliphatic heterocycles. The van der Waals surface area contributed by atoms with Gasteiger partial charge in [0.2, 0.25) is 5.24 Å². The van der Waals surface area contributed by atoms with Gasteiger partial charge in [-0.25, -0.2) is 0 Å². The van der Waals surface area contributed by atoms with E-state index in [0.29, 0.717) is 13.0 Å². The first-order chi connectivity index (χ1) is 9.70. The highest BCUT2D eigenvalue weighted by molar-refractivity contribution is 6.76. The molecule has 0 heterocycles. The van der Waals surface area contributed by atoms with Crippen molar-refractivity contribution in [3.63, 3.8) is 0 Å². The van der Waals surface area contributed by atoms with Crippen molar-refractivity contribution in [1.29, 1.82) is 0 Å². The number of hydrogen-bond acceptors (Lipinski definition) is 3. The molecule has 0 aliphatic carbocycles. The van der Waals surface area contributed by atoms with Crippen LogP contribution in [0, 0.1) is 0 Å². The summed E-state index contributed by atoms with van der Waals surface area (Å²) in [5, 5.41) is -0.242. The monoisotopic (exact) mass is 332 g/mol. The van der Waals surface area contributed by atoms with E-state index in [1.807, 2.05) is 0 Å². The maximum Gasteiger partial charge on any atom is 0.302 e. The third kappa shape index (κ3) is 15.6. The summed E-state index contributed by atoms with van der Waals surface area (Å²) in [6, 6.07) is 1.07. The quantitative estimate of drug-likeness (QED) is 0.177. The van der Waals surface area contributed by atoms with Crippen LogP contribution in [0.2, 0.25) is 25.7 Å². The summed E-state index contributed by atoms with van der Waals surface area (Å²) in [7, 11) is -1.20. The Balaban J connectivity index is 4.05. The van der Waals surface area contributed by atoms with Gasteiger partial charge in [0.05, 0.1) is 0 Å². The first-order valence-corrected chi connectivity index (χ1v) is 11.8. The van der Waals surface area contributed by atoms with Crippen LogP contribution in [0.3, 0.4) is 0 Å². The molecule has 0 N–H and O–H groups in total. The van der Waals surface area contributed by atoms with Gasteiger partial charge in [0.15, 0.2) is 0 Å². The molecule has 122 valence electrons. The predicted octanol–water partition coefficient (Wildman–Crippen LogP) is 4.92. The average molecular weight is 333 g/mol. The number of esters is 1. The fourth-order valence-corrected chi connectivity index (χ4v) is 3.87. The molecule has 0 aromatic heterocycles. The van der Waals surface area contributed by atoms with Crippen LogP contribution in [0.25, 0.3) is 0 Å². The molecule has 0 radical (unpaired) electrons. The molecule has 0 saturated heterocycles. The van der Waals surface area contributed by atoms with Gasteiger partial charge in [-0.3, -0.25) is 9.59 Å². The van der Waals surface area contributed by atoms with Crippen LogP contribution < -0.4 is 0 Å². The van der Waals surface area contributed by atoms with Crippen molar-refractivity contribution in [2.45, 2.75) is 71.1 Å². The topological polar surface area (TPSA) is 43.4 Å². The molecule has 21 heavy (non-hydrogen) atoms. The van der Waals surface area contributed by atoms with Crippen LogP contribution in [0.4, 0.5) is 0 Å². The first-order valence-electron chi connectivity index (χ1n) is 7.70. The number of unbranched alkanes of at least 4 members (excludes halogenated alkanes) is 4. The van der Waals surface area contributed by atoms with Crippen molar-refractivity contribution in [3.8, 4) is 0 Å². The Hall–Kier alpha value is -0.613. The van der Waals surface area contributed by atoms with E-state index >= 15 is 0 Å². The van der Waals surface area contributed by atoms with Crippen molar-refractivity contribution in [3.05, 3.63) is 11.6 Å². The van der Waals surface area contributed by atoms with E-state index in [0.717, 1.165) is 38.1 Å². The van der Waals surface area contributed by atoms with Crippen LogP contribution in [0.1, 0.15) is 45.4 Å². The lowest BCUT2D eigenvalue weighted by atomic mass is 10.1. The molecule has 0 aliphatic rings. The number of carbonyl (C=O) groups excluding carboxylic acids is 2. The highest BCUT2D eigenvalue weighted by Gasteiger charge is 2.16. The molecule has 0 fully saturated rings. The largest absolute Gasteiger partial charge is 0.461 e. The average Bonchev–Trinajstić information content (AvgIpc) is 2.32. The van der Waals surface area contributed by atoms with Crippen LogP contribution >= 0.6 is 11.6 Å². The van der Waals surface area contributed by atoms with Gasteiger partial charge in [-0.2, -0.15) is 0 Å². The Kier molecular flexibility index (Phi) is 10.7. The van der Waals surface area contributed by atoms with Gasteiger partial charge in [-0.15, -0.1) is 0 Å². The lowest BCUT2D eigenvalue weighted by Gasteiger charge is -2.18. The lowest BCUT2D eigenvalue weighted by Crippen LogP contribution is -2.21. The summed E-state index contributed by atoms with van der Waals surface area (Å²) in [5.41, 5.74) is 1.25. The highest BCUT2D eigenvalue weighted by atomic mass is 35.5. The number of halogens is 1. The zero-order valence-corrected chi connectivity index (χ0v) is 15.6. The molecule has 0 amide bonds. The van der Waals surface area contributed by atoms with Crippen molar-refractivity contribution in [1.82, 2.24) is 0 Å². The fourth-order valence-electron chi connectivity index (χ4n) is 2.13. The minimum Gasteiger partial charge on any atom is -0.461 e. The molecule has 0 spiro atoms. The molecule has 0 unspecified atom stereocenters. The second-order valence-corrected chi connectivity index (χ2v) is 12.6. The van der Waals surface area contributed by atoms with Gasteiger partial charge in [0, 0.05) is 21.4 Å². The number of allylic oxidation sites excluding steroid dienone is 1. The Morgan fingerprint density at radius 2 is 1.71 bits per heavy atom. The molecule has 0 bridgehead atoms. The van der Waals surface area contributed by atoms with E-state index in [-0.39, 0.29) is 11.2 Å². The van der Waals surface area contributed by atoms with Crippen LogP contribution in [0.5, 0.6) is 0 Å². The van der Waals surface area contributed by atoms with Crippen LogP contribution in [-0.4, -0.2) is 25.9 Å². The van der Waals surface area contributed by atoms with Crippen molar-refractivity contribution in [2.24, 2.45) is 0 Å². The van der Waals surface area contributed by atoms with E-state index in [4.69, 9.17) is 16.3 Å². The summed E-state index contributed by atoms with van der Waals surface area (Å²) in [6.07, 6.45) is 7.84. The zero-order valence-electron chi connectivity index (χ0n) is 13.8. The van der Waals surface area contributed by atoms with Gasteiger partial charge in [-0.05, 0) is 42.5 Å². The summed E-state index contributed by atoms with van der Waals surface area (Å²) < 4.78 is 5.13. The first kappa shape index (κ1) is 20.4. The van der Waals surface area contributed by atoms with E-state index in [1.165, 1.54) is 12.5 Å². The SMILES string of the molecule is CC(=O)OC/C(=C/CCCCCCC(=O)Cl)C[Si](C)(C)C. The second kappa shape index (κ2) is 11.0. The van der Waals surface area contributed by atoms with E-state index in [2.05, 4.69) is 25.7 Å². The van der Waals surface area contributed by atoms with Crippen molar-refractivity contribution >= 4 is 30.9 Å². The maximum absolute atomic E-state index is 10.9. The lowest BCUT2D eigenvalue weighted by molar-refractivity contribution is -0.140. The molecule has 5 heteroatoms. The number of ether oxygens (including phenoxy) is 1. The summed E-state index contributed by atoms with van der Waals surface area (Å²) in [4.78, 5) is 21.5. The zero-order chi connectivity index (χ0) is 16.3. The van der Waals surface area contributed by atoms with Crippen LogP contribution in [-0.2, 0) is 14.3 Å². The normalized spacial score (nSPS) is 12.3. The van der Waals surface area contributed by atoms with Gasteiger partial charge < -0.3 is 4.74 Å².